The molecule has 1 aromatic heterocycles. The highest BCUT2D eigenvalue weighted by molar-refractivity contribution is 7.98. The quantitative estimate of drug-likeness (QED) is 0.841. The molecule has 1 N–H and O–H groups in total. The van der Waals surface area contributed by atoms with Crippen molar-refractivity contribution in [1.29, 1.82) is 0 Å². The first-order chi connectivity index (χ1) is 8.33. The van der Waals surface area contributed by atoms with E-state index in [4.69, 9.17) is 5.11 Å². The Labute approximate surface area is 105 Å². The molecule has 17 heavy (non-hydrogen) atoms. The lowest BCUT2D eigenvalue weighted by Gasteiger charge is -2.03. The van der Waals surface area contributed by atoms with Gasteiger partial charge in [0.1, 0.15) is 5.82 Å². The number of benzene rings is 1. The SMILES string of the molecule is CSc1ccc(-c2ccnc(CCO)n2)cc1. The zero-order valence-electron chi connectivity index (χ0n) is 9.63. The van der Waals surface area contributed by atoms with Crippen LogP contribution in [0.15, 0.2) is 41.4 Å². The Morgan fingerprint density at radius 3 is 2.59 bits per heavy atom. The summed E-state index contributed by atoms with van der Waals surface area (Å²) in [6, 6.07) is 10.1. The summed E-state index contributed by atoms with van der Waals surface area (Å²) >= 11 is 1.72. The highest BCUT2D eigenvalue weighted by Gasteiger charge is 2.02. The van der Waals surface area contributed by atoms with E-state index >= 15 is 0 Å². The van der Waals surface area contributed by atoms with E-state index in [-0.39, 0.29) is 6.61 Å². The van der Waals surface area contributed by atoms with Crippen molar-refractivity contribution < 1.29 is 5.11 Å². The molecule has 0 spiro atoms. The Morgan fingerprint density at radius 2 is 1.94 bits per heavy atom. The van der Waals surface area contributed by atoms with E-state index in [9.17, 15) is 0 Å². The molecule has 0 bridgehead atoms. The summed E-state index contributed by atoms with van der Waals surface area (Å²) in [7, 11) is 0. The molecule has 0 aliphatic heterocycles. The van der Waals surface area contributed by atoms with Crippen LogP contribution < -0.4 is 0 Å². The van der Waals surface area contributed by atoms with Gasteiger partial charge in [-0.15, -0.1) is 11.8 Å². The maximum atomic E-state index is 8.87. The Balaban J connectivity index is 2.28. The van der Waals surface area contributed by atoms with Crippen molar-refractivity contribution in [3.8, 4) is 11.3 Å². The molecule has 0 fully saturated rings. The van der Waals surface area contributed by atoms with Gasteiger partial charge in [-0.1, -0.05) is 12.1 Å². The van der Waals surface area contributed by atoms with E-state index in [1.54, 1.807) is 18.0 Å². The van der Waals surface area contributed by atoms with E-state index < -0.39 is 0 Å². The van der Waals surface area contributed by atoms with E-state index in [0.717, 1.165) is 11.3 Å². The summed E-state index contributed by atoms with van der Waals surface area (Å²) in [6.45, 7) is 0.0782. The molecule has 0 saturated carbocycles. The monoisotopic (exact) mass is 246 g/mol. The van der Waals surface area contributed by atoms with Gasteiger partial charge in [-0.25, -0.2) is 9.97 Å². The van der Waals surface area contributed by atoms with Gasteiger partial charge in [0.25, 0.3) is 0 Å². The van der Waals surface area contributed by atoms with Crippen molar-refractivity contribution in [3.63, 3.8) is 0 Å². The van der Waals surface area contributed by atoms with Crippen LogP contribution in [0.25, 0.3) is 11.3 Å². The summed E-state index contributed by atoms with van der Waals surface area (Å²) in [5, 5.41) is 8.87. The van der Waals surface area contributed by atoms with Crippen molar-refractivity contribution in [3.05, 3.63) is 42.4 Å². The zero-order chi connectivity index (χ0) is 12.1. The molecule has 2 aromatic rings. The third kappa shape index (κ3) is 3.05. The number of hydrogen-bond acceptors (Lipinski definition) is 4. The van der Waals surface area contributed by atoms with Crippen LogP contribution in [0, 0.1) is 0 Å². The van der Waals surface area contributed by atoms with Crippen LogP contribution in [0.3, 0.4) is 0 Å². The smallest absolute Gasteiger partial charge is 0.131 e. The van der Waals surface area contributed by atoms with Gasteiger partial charge in [-0.2, -0.15) is 0 Å². The number of hydrogen-bond donors (Lipinski definition) is 1. The molecule has 0 saturated heterocycles. The number of aliphatic hydroxyl groups excluding tert-OH is 1. The van der Waals surface area contributed by atoms with Gasteiger partial charge >= 0.3 is 0 Å². The molecule has 0 radical (unpaired) electrons. The van der Waals surface area contributed by atoms with Gasteiger partial charge in [0, 0.05) is 23.1 Å². The van der Waals surface area contributed by atoms with Gasteiger partial charge in [0.05, 0.1) is 12.3 Å². The number of nitrogens with zero attached hydrogens (tertiary/aromatic N) is 2. The molecule has 2 rings (SSSR count). The van der Waals surface area contributed by atoms with E-state index in [1.165, 1.54) is 4.90 Å². The maximum absolute atomic E-state index is 8.87. The molecule has 3 nitrogen and oxygen atoms in total. The minimum atomic E-state index is 0.0782. The molecule has 88 valence electrons. The fraction of sp³-hybridized carbons (Fsp3) is 0.231. The standard InChI is InChI=1S/C13H14N2OS/c1-17-11-4-2-10(3-5-11)12-6-8-14-13(15-12)7-9-16/h2-6,8,16H,7,9H2,1H3. The Hall–Kier alpha value is -1.39. The van der Waals surface area contributed by atoms with E-state index in [0.29, 0.717) is 12.2 Å². The predicted octanol–water partition coefficient (Wildman–Crippen LogP) is 2.40. The van der Waals surface area contributed by atoms with Crippen LogP contribution >= 0.6 is 11.8 Å². The number of thioether (sulfide) groups is 1. The average Bonchev–Trinajstić information content (AvgIpc) is 2.40. The second kappa shape index (κ2) is 5.80. The second-order valence-electron chi connectivity index (χ2n) is 3.56. The summed E-state index contributed by atoms with van der Waals surface area (Å²) in [5.74, 6) is 0.680. The van der Waals surface area contributed by atoms with Gasteiger partial charge in [0.15, 0.2) is 0 Å². The third-order valence-corrected chi connectivity index (χ3v) is 3.17. The second-order valence-corrected chi connectivity index (χ2v) is 4.44. The minimum absolute atomic E-state index is 0.0782. The normalized spacial score (nSPS) is 10.5. The molecule has 0 aliphatic rings. The van der Waals surface area contributed by atoms with E-state index in [1.807, 2.05) is 6.07 Å². The molecular weight excluding hydrogens is 232 g/mol. The van der Waals surface area contributed by atoms with Crippen LogP contribution in [0.4, 0.5) is 0 Å². The van der Waals surface area contributed by atoms with Crippen molar-refractivity contribution >= 4 is 11.8 Å². The highest BCUT2D eigenvalue weighted by atomic mass is 32.2. The molecule has 0 atom stereocenters. The van der Waals surface area contributed by atoms with Crippen LogP contribution in [-0.2, 0) is 6.42 Å². The highest BCUT2D eigenvalue weighted by Crippen LogP contribution is 2.21. The fourth-order valence-corrected chi connectivity index (χ4v) is 1.95. The van der Waals surface area contributed by atoms with E-state index in [2.05, 4.69) is 40.5 Å². The topological polar surface area (TPSA) is 46.0 Å². The molecule has 1 heterocycles. The van der Waals surface area contributed by atoms with Crippen LogP contribution in [0.1, 0.15) is 5.82 Å². The van der Waals surface area contributed by atoms with Gasteiger partial charge in [-0.3, -0.25) is 0 Å². The molecule has 0 amide bonds. The summed E-state index contributed by atoms with van der Waals surface area (Å²) in [6.07, 6.45) is 4.28. The predicted molar refractivity (Wildman–Crippen MR) is 70.0 cm³/mol. The van der Waals surface area contributed by atoms with Crippen LogP contribution in [-0.4, -0.2) is 27.9 Å². The first-order valence-corrected chi connectivity index (χ1v) is 6.63. The first-order valence-electron chi connectivity index (χ1n) is 5.40. The van der Waals surface area contributed by atoms with Crippen LogP contribution in [0.5, 0.6) is 0 Å². The van der Waals surface area contributed by atoms with Gasteiger partial charge in [0.2, 0.25) is 0 Å². The van der Waals surface area contributed by atoms with Crippen molar-refractivity contribution in [2.24, 2.45) is 0 Å². The molecule has 1 aromatic carbocycles. The Kier molecular flexibility index (Phi) is 4.12. The van der Waals surface area contributed by atoms with Crippen molar-refractivity contribution in [2.75, 3.05) is 12.9 Å². The third-order valence-electron chi connectivity index (χ3n) is 2.43. The lowest BCUT2D eigenvalue weighted by Crippen LogP contribution is -1.99. The molecule has 0 unspecified atom stereocenters. The summed E-state index contributed by atoms with van der Waals surface area (Å²) < 4.78 is 0. The van der Waals surface area contributed by atoms with Crippen molar-refractivity contribution in [2.45, 2.75) is 11.3 Å². The number of rotatable bonds is 4. The lowest BCUT2D eigenvalue weighted by atomic mass is 10.1. The Bertz CT molecular complexity index is 485. The fourth-order valence-electron chi connectivity index (χ4n) is 1.54. The average molecular weight is 246 g/mol. The Morgan fingerprint density at radius 1 is 1.18 bits per heavy atom. The van der Waals surface area contributed by atoms with Crippen molar-refractivity contribution in [1.82, 2.24) is 9.97 Å². The number of aromatic nitrogens is 2. The molecule has 4 heteroatoms. The molecular formula is C13H14N2OS. The largest absolute Gasteiger partial charge is 0.396 e. The summed E-state index contributed by atoms with van der Waals surface area (Å²) in [4.78, 5) is 9.76. The summed E-state index contributed by atoms with van der Waals surface area (Å²) in [5.41, 5.74) is 1.97. The molecule has 0 aliphatic carbocycles. The van der Waals surface area contributed by atoms with Gasteiger partial charge < -0.3 is 5.11 Å². The lowest BCUT2D eigenvalue weighted by molar-refractivity contribution is 0.296. The zero-order valence-corrected chi connectivity index (χ0v) is 10.4. The maximum Gasteiger partial charge on any atom is 0.131 e. The van der Waals surface area contributed by atoms with Gasteiger partial charge in [-0.05, 0) is 24.5 Å². The number of aliphatic hydroxyl groups is 1. The van der Waals surface area contributed by atoms with Crippen LogP contribution in [0.2, 0.25) is 0 Å². The minimum Gasteiger partial charge on any atom is -0.396 e. The first kappa shape index (κ1) is 12.1.